The maximum Gasteiger partial charge on any atom is 0.164 e. The fourth-order valence-electron chi connectivity index (χ4n) is 8.75. The summed E-state index contributed by atoms with van der Waals surface area (Å²) in [5, 5.41) is 8.56. The lowest BCUT2D eigenvalue weighted by Gasteiger charge is -2.22. The van der Waals surface area contributed by atoms with Crippen molar-refractivity contribution in [3.8, 4) is 39.5 Å². The van der Waals surface area contributed by atoms with Crippen LogP contribution in [0.15, 0.2) is 156 Å². The summed E-state index contributed by atoms with van der Waals surface area (Å²) in [6, 6.07) is 54.0. The molecule has 5 heteroatoms. The smallest absolute Gasteiger partial charge is 0.164 e. The fraction of sp³-hybridized carbons (Fsp3) is 0.0435. The van der Waals surface area contributed by atoms with Crippen LogP contribution in [0.2, 0.25) is 13.1 Å². The lowest BCUT2D eigenvalue weighted by molar-refractivity contribution is 0.671. The van der Waals surface area contributed by atoms with Gasteiger partial charge in [0, 0.05) is 38.2 Å². The number of nitrogens with zero attached hydrogens (tertiary/aromatic N) is 3. The van der Waals surface area contributed by atoms with Crippen molar-refractivity contribution in [2.24, 2.45) is 0 Å². The van der Waals surface area contributed by atoms with E-state index in [0.29, 0.717) is 5.82 Å². The monoisotopic (exact) mass is 669 g/mol. The molecule has 0 amide bonds. The quantitative estimate of drug-likeness (QED) is 0.176. The molecule has 11 rings (SSSR count). The molecule has 0 saturated heterocycles. The van der Waals surface area contributed by atoms with Gasteiger partial charge in [0.25, 0.3) is 0 Å². The van der Waals surface area contributed by atoms with Crippen molar-refractivity contribution in [2.45, 2.75) is 13.1 Å². The summed E-state index contributed by atoms with van der Waals surface area (Å²) in [5.41, 5.74) is 11.6. The molecule has 10 aromatic rings. The fourth-order valence-corrected chi connectivity index (χ4v) is 12.2. The number of furan rings is 1. The van der Waals surface area contributed by atoms with E-state index in [4.69, 9.17) is 14.4 Å². The topological polar surface area (TPSA) is 43.9 Å². The van der Waals surface area contributed by atoms with Crippen LogP contribution in [0.1, 0.15) is 0 Å². The summed E-state index contributed by atoms with van der Waals surface area (Å²) in [7, 11) is -2.05. The molecule has 7 aromatic carbocycles. The Bertz CT molecular complexity index is 3050. The summed E-state index contributed by atoms with van der Waals surface area (Å²) in [4.78, 5) is 10.8. The summed E-state index contributed by atoms with van der Waals surface area (Å²) in [6.45, 7) is 4.93. The van der Waals surface area contributed by atoms with Crippen molar-refractivity contribution >= 4 is 73.1 Å². The Morgan fingerprint density at radius 2 is 1.22 bits per heavy atom. The third-order valence-corrected chi connectivity index (χ3v) is 14.5. The van der Waals surface area contributed by atoms with Crippen LogP contribution in [-0.4, -0.2) is 22.6 Å². The van der Waals surface area contributed by atoms with E-state index < -0.39 is 8.07 Å². The molecule has 0 atom stereocenters. The van der Waals surface area contributed by atoms with E-state index >= 15 is 0 Å². The number of hydrogen-bond acceptors (Lipinski definition) is 3. The van der Waals surface area contributed by atoms with Gasteiger partial charge in [-0.3, -0.25) is 0 Å². The molecule has 4 heterocycles. The minimum absolute atomic E-state index is 0.667. The minimum Gasteiger partial charge on any atom is -0.453 e. The Kier molecular flexibility index (Phi) is 5.79. The zero-order valence-electron chi connectivity index (χ0n) is 28.2. The molecule has 0 radical (unpaired) electrons. The third kappa shape index (κ3) is 3.89. The van der Waals surface area contributed by atoms with Crippen LogP contribution in [0, 0.1) is 0 Å². The number of fused-ring (bicyclic) bond motifs is 12. The van der Waals surface area contributed by atoms with Crippen molar-refractivity contribution in [3.05, 3.63) is 152 Å². The third-order valence-electron chi connectivity index (χ3n) is 11.0. The van der Waals surface area contributed by atoms with Gasteiger partial charge in [0.15, 0.2) is 11.4 Å². The van der Waals surface area contributed by atoms with Crippen LogP contribution in [0.4, 0.5) is 0 Å². The summed E-state index contributed by atoms with van der Waals surface area (Å²) >= 11 is 0. The highest BCUT2D eigenvalue weighted by atomic mass is 28.3. The molecule has 0 bridgehead atoms. The lowest BCUT2D eigenvalue weighted by atomic mass is 9.99. The number of para-hydroxylation sites is 3. The summed E-state index contributed by atoms with van der Waals surface area (Å²) in [5.74, 6) is 0.667. The highest BCUT2D eigenvalue weighted by molar-refractivity contribution is 7.05. The first kappa shape index (κ1) is 28.5. The van der Waals surface area contributed by atoms with Gasteiger partial charge < -0.3 is 8.98 Å². The molecule has 0 fully saturated rings. The van der Waals surface area contributed by atoms with E-state index in [1.807, 2.05) is 0 Å². The van der Waals surface area contributed by atoms with Crippen molar-refractivity contribution in [3.63, 3.8) is 0 Å². The van der Waals surface area contributed by atoms with Gasteiger partial charge >= 0.3 is 0 Å². The first-order valence-corrected chi connectivity index (χ1v) is 20.5. The van der Waals surface area contributed by atoms with Gasteiger partial charge in [0.1, 0.15) is 13.7 Å². The number of benzene rings is 7. The maximum atomic E-state index is 7.06. The average molecular weight is 670 g/mol. The van der Waals surface area contributed by atoms with Crippen molar-refractivity contribution in [1.82, 2.24) is 14.5 Å². The second-order valence-corrected chi connectivity index (χ2v) is 18.4. The van der Waals surface area contributed by atoms with Crippen molar-refractivity contribution in [1.29, 1.82) is 0 Å². The molecule has 0 saturated carbocycles. The van der Waals surface area contributed by atoms with Crippen LogP contribution in [0.3, 0.4) is 0 Å². The maximum absolute atomic E-state index is 7.06. The molecule has 1 aliphatic heterocycles. The van der Waals surface area contributed by atoms with E-state index in [1.165, 1.54) is 32.3 Å². The molecule has 0 aliphatic carbocycles. The predicted molar refractivity (Wildman–Crippen MR) is 214 cm³/mol. The van der Waals surface area contributed by atoms with Gasteiger partial charge in [0.2, 0.25) is 0 Å². The zero-order chi connectivity index (χ0) is 33.8. The van der Waals surface area contributed by atoms with Crippen LogP contribution in [0.5, 0.6) is 0 Å². The van der Waals surface area contributed by atoms with Crippen molar-refractivity contribution < 1.29 is 4.42 Å². The lowest BCUT2D eigenvalue weighted by Crippen LogP contribution is -2.49. The zero-order valence-corrected chi connectivity index (χ0v) is 29.2. The number of aromatic nitrogens is 3. The van der Waals surface area contributed by atoms with E-state index in [-0.39, 0.29) is 0 Å². The standard InChI is InChI=1S/C46H31N3OSi/c1-51(2)39-23-12-10-19-31(39)35-26-27-37-40(45(35)51)41(28-14-5-3-6-15-28)48-46(47-37)36-21-13-20-33-34-25-24-32-30-18-9-11-22-38(30)49(29-16-7-4-8-17-29)42(32)44(34)50-43(33)36/h3-27H,1-2H3. The Morgan fingerprint density at radius 1 is 0.529 bits per heavy atom. The second-order valence-electron chi connectivity index (χ2n) is 14.1. The van der Waals surface area contributed by atoms with E-state index in [9.17, 15) is 0 Å². The summed E-state index contributed by atoms with van der Waals surface area (Å²) in [6.07, 6.45) is 0. The Hall–Kier alpha value is -6.30. The van der Waals surface area contributed by atoms with Crippen molar-refractivity contribution in [2.75, 3.05) is 0 Å². The molecule has 4 nitrogen and oxygen atoms in total. The first-order valence-electron chi connectivity index (χ1n) is 17.5. The molecular formula is C46H31N3OSi. The Balaban J connectivity index is 1.22. The normalized spacial score (nSPS) is 13.5. The molecule has 0 spiro atoms. The Labute approximate surface area is 295 Å². The molecule has 0 unspecified atom stereocenters. The molecule has 1 aliphatic rings. The van der Waals surface area contributed by atoms with Gasteiger partial charge in [-0.2, -0.15) is 0 Å². The minimum atomic E-state index is -2.05. The SMILES string of the molecule is C[Si]1(C)c2ccccc2-c2ccc3nc(-c4cccc5c4oc4c5ccc5c6ccccc6n(-c6ccccc6)c54)nc(-c4ccccc4)c3c21. The highest BCUT2D eigenvalue weighted by Crippen LogP contribution is 2.43. The van der Waals surface area contributed by atoms with Gasteiger partial charge in [-0.15, -0.1) is 0 Å². The van der Waals surface area contributed by atoms with E-state index in [2.05, 4.69) is 169 Å². The van der Waals surface area contributed by atoms with Gasteiger partial charge in [0.05, 0.1) is 27.8 Å². The van der Waals surface area contributed by atoms with Crippen LogP contribution in [0.25, 0.3) is 94.1 Å². The molecule has 51 heavy (non-hydrogen) atoms. The van der Waals surface area contributed by atoms with Gasteiger partial charge in [-0.25, -0.2) is 9.97 Å². The highest BCUT2D eigenvalue weighted by Gasteiger charge is 2.40. The second kappa shape index (κ2) is 10.4. The largest absolute Gasteiger partial charge is 0.453 e. The first-order chi connectivity index (χ1) is 25.1. The van der Waals surface area contributed by atoms with E-state index in [1.54, 1.807) is 0 Å². The van der Waals surface area contributed by atoms with Crippen LogP contribution in [-0.2, 0) is 0 Å². The molecular weight excluding hydrogens is 639 g/mol. The molecule has 0 N–H and O–H groups in total. The Morgan fingerprint density at radius 3 is 2.08 bits per heavy atom. The van der Waals surface area contributed by atoms with Gasteiger partial charge in [-0.05, 0) is 57.9 Å². The van der Waals surface area contributed by atoms with E-state index in [0.717, 1.165) is 66.4 Å². The summed E-state index contributed by atoms with van der Waals surface area (Å²) < 4.78 is 9.39. The van der Waals surface area contributed by atoms with Crippen LogP contribution >= 0.6 is 0 Å². The predicted octanol–water partition coefficient (Wildman–Crippen LogP) is 10.8. The number of hydrogen-bond donors (Lipinski definition) is 0. The molecule has 240 valence electrons. The van der Waals surface area contributed by atoms with Crippen LogP contribution < -0.4 is 10.4 Å². The average Bonchev–Trinajstić information content (AvgIpc) is 3.81. The molecule has 3 aromatic heterocycles. The number of rotatable bonds is 3. The van der Waals surface area contributed by atoms with Gasteiger partial charge in [-0.1, -0.05) is 128 Å².